The fraction of sp³-hybridized carbons (Fsp3) is 0.909. The molecule has 0 radical (unpaired) electrons. The van der Waals surface area contributed by atoms with Gasteiger partial charge in [-0.2, -0.15) is 0 Å². The van der Waals surface area contributed by atoms with E-state index in [-0.39, 0.29) is 5.60 Å². The van der Waals surface area contributed by atoms with Crippen molar-refractivity contribution in [1.29, 1.82) is 0 Å². The number of fused-ring (bicyclic) bond motifs is 2. The lowest BCUT2D eigenvalue weighted by Crippen LogP contribution is -2.27. The molecule has 0 aromatic heterocycles. The van der Waals surface area contributed by atoms with E-state index in [9.17, 15) is 4.79 Å². The van der Waals surface area contributed by atoms with Crippen LogP contribution >= 0.6 is 0 Å². The zero-order valence-corrected chi connectivity index (χ0v) is 8.13. The summed E-state index contributed by atoms with van der Waals surface area (Å²) in [6, 6.07) is 0. The lowest BCUT2D eigenvalue weighted by Gasteiger charge is -2.26. The Kier molecular flexibility index (Phi) is 2.68. The average Bonchev–Trinajstić information content (AvgIpc) is 2.72. The molecule has 2 aliphatic carbocycles. The first-order chi connectivity index (χ1) is 6.35. The Labute approximate surface area is 79.7 Å². The highest BCUT2D eigenvalue weighted by molar-refractivity contribution is 5.48. The van der Waals surface area contributed by atoms with Gasteiger partial charge in [0.1, 0.15) is 6.29 Å². The summed E-state index contributed by atoms with van der Waals surface area (Å²) in [4.78, 5) is 10.1. The molecule has 0 aromatic carbocycles. The molecule has 2 bridgehead atoms. The first kappa shape index (κ1) is 9.20. The van der Waals surface area contributed by atoms with Gasteiger partial charge >= 0.3 is 0 Å². The van der Waals surface area contributed by atoms with Crippen LogP contribution in [0.25, 0.3) is 0 Å². The number of aldehydes is 1. The predicted molar refractivity (Wildman–Crippen MR) is 50.6 cm³/mol. The van der Waals surface area contributed by atoms with Crippen molar-refractivity contribution in [3.8, 4) is 0 Å². The van der Waals surface area contributed by atoms with Crippen molar-refractivity contribution >= 4 is 6.29 Å². The first-order valence-corrected chi connectivity index (χ1v) is 5.42. The quantitative estimate of drug-likeness (QED) is 0.482. The van der Waals surface area contributed by atoms with Crippen molar-refractivity contribution in [2.45, 2.75) is 50.5 Å². The number of rotatable bonds is 5. The molecule has 2 aliphatic rings. The van der Waals surface area contributed by atoms with E-state index in [2.05, 4.69) is 0 Å². The van der Waals surface area contributed by atoms with Crippen LogP contribution in [0, 0.1) is 5.92 Å². The minimum Gasteiger partial charge on any atom is -0.375 e. The normalized spacial score (nSPS) is 36.8. The molecule has 0 spiro atoms. The molecule has 0 aromatic rings. The Balaban J connectivity index is 1.71. The molecule has 2 fully saturated rings. The maximum atomic E-state index is 10.1. The second kappa shape index (κ2) is 3.79. The summed E-state index contributed by atoms with van der Waals surface area (Å²) in [5.74, 6) is 0.950. The van der Waals surface area contributed by atoms with E-state index in [1.807, 2.05) is 0 Å². The van der Waals surface area contributed by atoms with Gasteiger partial charge in [0.15, 0.2) is 0 Å². The van der Waals surface area contributed by atoms with Crippen LogP contribution in [0.4, 0.5) is 0 Å². The van der Waals surface area contributed by atoms with E-state index >= 15 is 0 Å². The number of carbonyl (C=O) groups is 1. The Morgan fingerprint density at radius 1 is 1.38 bits per heavy atom. The van der Waals surface area contributed by atoms with Crippen LogP contribution in [-0.2, 0) is 9.53 Å². The molecule has 13 heavy (non-hydrogen) atoms. The largest absolute Gasteiger partial charge is 0.375 e. The lowest BCUT2D eigenvalue weighted by molar-refractivity contribution is -0.108. The molecule has 0 atom stereocenters. The summed E-state index contributed by atoms with van der Waals surface area (Å²) >= 11 is 0. The van der Waals surface area contributed by atoms with Gasteiger partial charge in [-0.05, 0) is 44.4 Å². The van der Waals surface area contributed by atoms with Crippen LogP contribution in [0.3, 0.4) is 0 Å². The highest BCUT2D eigenvalue weighted by atomic mass is 16.5. The number of carbonyl (C=O) groups excluding carboxylic acids is 1. The van der Waals surface area contributed by atoms with Crippen LogP contribution in [0.2, 0.25) is 0 Å². The van der Waals surface area contributed by atoms with Crippen molar-refractivity contribution in [2.24, 2.45) is 5.92 Å². The second-order valence-electron chi connectivity index (χ2n) is 4.49. The van der Waals surface area contributed by atoms with E-state index < -0.39 is 0 Å². The van der Waals surface area contributed by atoms with Gasteiger partial charge in [-0.1, -0.05) is 0 Å². The highest BCUT2D eigenvalue weighted by Crippen LogP contribution is 2.49. The molecular formula is C11H18O2. The van der Waals surface area contributed by atoms with Crippen LogP contribution in [0.1, 0.15) is 44.9 Å². The van der Waals surface area contributed by atoms with Gasteiger partial charge in [-0.15, -0.1) is 0 Å². The highest BCUT2D eigenvalue weighted by Gasteiger charge is 2.45. The Bertz CT molecular complexity index is 181. The van der Waals surface area contributed by atoms with E-state index in [1.165, 1.54) is 32.1 Å². The number of unbranched alkanes of at least 4 members (excludes halogenated alkanes) is 1. The number of ether oxygens (including phenoxy) is 1. The number of hydrogen-bond donors (Lipinski definition) is 0. The number of hydrogen-bond acceptors (Lipinski definition) is 2. The maximum absolute atomic E-state index is 10.1. The molecule has 0 unspecified atom stereocenters. The maximum Gasteiger partial charge on any atom is 0.120 e. The third-order valence-corrected chi connectivity index (χ3v) is 3.55. The summed E-state index contributed by atoms with van der Waals surface area (Å²) in [5.41, 5.74) is 0.244. The second-order valence-corrected chi connectivity index (χ2v) is 4.49. The van der Waals surface area contributed by atoms with E-state index in [1.54, 1.807) is 0 Å². The van der Waals surface area contributed by atoms with E-state index in [0.29, 0.717) is 6.42 Å². The Hall–Kier alpha value is -0.370. The molecule has 0 aliphatic heterocycles. The van der Waals surface area contributed by atoms with Gasteiger partial charge in [0.05, 0.1) is 5.60 Å². The summed E-state index contributed by atoms with van der Waals surface area (Å²) in [5, 5.41) is 0. The van der Waals surface area contributed by atoms with Crippen LogP contribution in [-0.4, -0.2) is 18.5 Å². The smallest absolute Gasteiger partial charge is 0.120 e. The van der Waals surface area contributed by atoms with Crippen LogP contribution in [0.5, 0.6) is 0 Å². The summed E-state index contributed by atoms with van der Waals surface area (Å²) in [7, 11) is 0. The molecular weight excluding hydrogens is 164 g/mol. The summed E-state index contributed by atoms with van der Waals surface area (Å²) in [6.45, 7) is 0.783. The SMILES string of the molecule is O=CCCCOC12CCC(CC1)C2. The molecule has 2 heteroatoms. The standard InChI is InChI=1S/C11H18O2/c12-7-1-2-8-13-11-5-3-10(9-11)4-6-11/h7,10H,1-6,8-9H2. The first-order valence-electron chi connectivity index (χ1n) is 5.42. The monoisotopic (exact) mass is 182 g/mol. The molecule has 2 saturated carbocycles. The molecule has 0 N–H and O–H groups in total. The minimum atomic E-state index is 0.244. The zero-order valence-electron chi connectivity index (χ0n) is 8.13. The van der Waals surface area contributed by atoms with Gasteiger partial charge in [-0.3, -0.25) is 0 Å². The minimum absolute atomic E-state index is 0.244. The third kappa shape index (κ3) is 1.93. The fourth-order valence-electron chi connectivity index (χ4n) is 2.80. The molecule has 2 rings (SSSR count). The van der Waals surface area contributed by atoms with Crippen molar-refractivity contribution in [2.75, 3.05) is 6.61 Å². The zero-order chi connectivity index (χ0) is 9.15. The lowest BCUT2D eigenvalue weighted by atomic mass is 9.97. The van der Waals surface area contributed by atoms with Crippen LogP contribution < -0.4 is 0 Å². The van der Waals surface area contributed by atoms with Gasteiger partial charge in [0, 0.05) is 13.0 Å². The van der Waals surface area contributed by atoms with Gasteiger partial charge < -0.3 is 9.53 Å². The molecule has 2 nitrogen and oxygen atoms in total. The van der Waals surface area contributed by atoms with Gasteiger partial charge in [0.2, 0.25) is 0 Å². The van der Waals surface area contributed by atoms with Crippen molar-refractivity contribution < 1.29 is 9.53 Å². The summed E-state index contributed by atoms with van der Waals surface area (Å²) < 4.78 is 5.92. The third-order valence-electron chi connectivity index (χ3n) is 3.55. The van der Waals surface area contributed by atoms with Gasteiger partial charge in [0.25, 0.3) is 0 Å². The Morgan fingerprint density at radius 2 is 2.15 bits per heavy atom. The van der Waals surface area contributed by atoms with Crippen molar-refractivity contribution in [1.82, 2.24) is 0 Å². The fourth-order valence-corrected chi connectivity index (χ4v) is 2.80. The van der Waals surface area contributed by atoms with Crippen LogP contribution in [0.15, 0.2) is 0 Å². The van der Waals surface area contributed by atoms with Crippen molar-refractivity contribution in [3.63, 3.8) is 0 Å². The van der Waals surface area contributed by atoms with Crippen molar-refractivity contribution in [3.05, 3.63) is 0 Å². The molecule has 0 amide bonds. The average molecular weight is 182 g/mol. The summed E-state index contributed by atoms with van der Waals surface area (Å²) in [6.07, 6.45) is 9.08. The predicted octanol–water partition coefficient (Wildman–Crippen LogP) is 2.31. The van der Waals surface area contributed by atoms with E-state index in [0.717, 1.165) is 25.2 Å². The Morgan fingerprint density at radius 3 is 2.69 bits per heavy atom. The molecule has 0 saturated heterocycles. The molecule has 74 valence electrons. The van der Waals surface area contributed by atoms with Gasteiger partial charge in [-0.25, -0.2) is 0 Å². The molecule has 0 heterocycles. The topological polar surface area (TPSA) is 26.3 Å². The van der Waals surface area contributed by atoms with E-state index in [4.69, 9.17) is 4.74 Å².